The predicted molar refractivity (Wildman–Crippen MR) is 133 cm³/mol. The van der Waals surface area contributed by atoms with Gasteiger partial charge in [-0.15, -0.1) is 0 Å². The maximum atomic E-state index is 15.0. The van der Waals surface area contributed by atoms with Gasteiger partial charge in [0.05, 0.1) is 28.2 Å². The molecule has 13 heteroatoms. The number of nitrogens with two attached hydrogens (primary N) is 1. The monoisotopic (exact) mass is 529 g/mol. The maximum absolute atomic E-state index is 15.0. The average molecular weight is 530 g/mol. The fourth-order valence-corrected chi connectivity index (χ4v) is 5.41. The molecule has 0 unspecified atom stereocenters. The zero-order valence-corrected chi connectivity index (χ0v) is 20.6. The molecule has 192 valence electrons. The summed E-state index contributed by atoms with van der Waals surface area (Å²) in [6.45, 7) is 3.10. The lowest BCUT2D eigenvalue weighted by atomic mass is 9.83. The SMILES string of the molecule is C[C@]1(C(F)F)C[C@@](C)(c2cc(Nc3nccc4nc(OCc5ncco5)cnc34)ccc2F)N=C(N)S1. The molecule has 4 aromatic rings. The highest BCUT2D eigenvalue weighted by Gasteiger charge is 2.48. The van der Waals surface area contributed by atoms with Crippen molar-refractivity contribution >= 4 is 39.5 Å². The van der Waals surface area contributed by atoms with Crippen molar-refractivity contribution in [1.29, 1.82) is 0 Å². The molecule has 0 saturated carbocycles. The minimum Gasteiger partial charge on any atom is -0.467 e. The summed E-state index contributed by atoms with van der Waals surface area (Å²) in [5.74, 6) is 0.460. The molecule has 0 fully saturated rings. The molecule has 1 aromatic carbocycles. The lowest BCUT2D eigenvalue weighted by Crippen LogP contribution is -2.44. The van der Waals surface area contributed by atoms with Crippen LogP contribution in [-0.4, -0.2) is 36.3 Å². The van der Waals surface area contributed by atoms with Crippen molar-refractivity contribution in [3.8, 4) is 5.88 Å². The maximum Gasteiger partial charge on any atom is 0.253 e. The van der Waals surface area contributed by atoms with E-state index in [0.29, 0.717) is 28.4 Å². The minimum absolute atomic E-state index is 0.0128. The highest BCUT2D eigenvalue weighted by Crippen LogP contribution is 2.48. The first-order chi connectivity index (χ1) is 17.6. The minimum atomic E-state index is -2.67. The number of anilines is 2. The van der Waals surface area contributed by atoms with E-state index in [9.17, 15) is 13.2 Å². The Balaban J connectivity index is 1.43. The number of aliphatic imine (C=N–C) groups is 1. The van der Waals surface area contributed by atoms with Crippen molar-refractivity contribution in [3.05, 3.63) is 66.4 Å². The molecule has 0 bridgehead atoms. The molecule has 1 aliphatic heterocycles. The van der Waals surface area contributed by atoms with Gasteiger partial charge in [-0.3, -0.25) is 4.99 Å². The van der Waals surface area contributed by atoms with E-state index in [2.05, 4.69) is 30.2 Å². The quantitative estimate of drug-likeness (QED) is 0.334. The number of halogens is 3. The Bertz CT molecular complexity index is 1470. The van der Waals surface area contributed by atoms with E-state index in [4.69, 9.17) is 14.9 Å². The van der Waals surface area contributed by atoms with Gasteiger partial charge in [-0.25, -0.2) is 33.1 Å². The lowest BCUT2D eigenvalue weighted by molar-refractivity contribution is 0.0893. The van der Waals surface area contributed by atoms with Crippen molar-refractivity contribution in [2.24, 2.45) is 10.7 Å². The molecule has 1 aliphatic rings. The van der Waals surface area contributed by atoms with E-state index in [1.54, 1.807) is 19.2 Å². The number of hydrogen-bond acceptors (Lipinski definition) is 10. The number of benzene rings is 1. The second-order valence-corrected chi connectivity index (χ2v) is 10.4. The van der Waals surface area contributed by atoms with Gasteiger partial charge in [-0.2, -0.15) is 0 Å². The number of nitrogens with zero attached hydrogens (tertiary/aromatic N) is 5. The predicted octanol–water partition coefficient (Wildman–Crippen LogP) is 5.17. The second-order valence-electron chi connectivity index (χ2n) is 8.89. The van der Waals surface area contributed by atoms with Gasteiger partial charge in [0.15, 0.2) is 17.6 Å². The van der Waals surface area contributed by atoms with Gasteiger partial charge in [0.2, 0.25) is 11.8 Å². The van der Waals surface area contributed by atoms with Gasteiger partial charge >= 0.3 is 0 Å². The van der Waals surface area contributed by atoms with Gasteiger partial charge in [-0.05, 0) is 44.5 Å². The summed E-state index contributed by atoms with van der Waals surface area (Å²) in [5, 5.41) is 3.11. The van der Waals surface area contributed by atoms with Gasteiger partial charge < -0.3 is 20.2 Å². The number of thioether (sulfide) groups is 1. The number of hydrogen-bond donors (Lipinski definition) is 2. The molecule has 2 atom stereocenters. The Morgan fingerprint density at radius 3 is 2.78 bits per heavy atom. The average Bonchev–Trinajstić information content (AvgIpc) is 3.37. The molecule has 3 aromatic heterocycles. The molecule has 3 N–H and O–H groups in total. The van der Waals surface area contributed by atoms with E-state index in [1.807, 2.05) is 0 Å². The molecule has 37 heavy (non-hydrogen) atoms. The molecule has 5 rings (SSSR count). The van der Waals surface area contributed by atoms with Gasteiger partial charge in [0.1, 0.15) is 17.6 Å². The summed E-state index contributed by atoms with van der Waals surface area (Å²) in [6, 6.07) is 5.96. The first-order valence-electron chi connectivity index (χ1n) is 11.2. The van der Waals surface area contributed by atoms with Crippen LogP contribution in [-0.2, 0) is 12.1 Å². The molecular weight excluding hydrogens is 507 g/mol. The van der Waals surface area contributed by atoms with Crippen LogP contribution in [0.5, 0.6) is 5.88 Å². The number of fused-ring (bicyclic) bond motifs is 1. The standard InChI is InChI=1S/C24H22F3N7O2S/c1-23(12-24(2,21(26)27)37-22(28)34-23)14-9-13(3-4-15(14)25)32-20-19-16(5-6-30-20)33-17(10-31-19)36-11-18-29-7-8-35-18/h3-10,21H,11-12H2,1-2H3,(H2,28,34)(H,30,32)/t23-,24+/m0/s1. The molecule has 0 amide bonds. The van der Waals surface area contributed by atoms with Crippen LogP contribution in [0.15, 0.2) is 58.5 Å². The summed E-state index contributed by atoms with van der Waals surface area (Å²) in [6.07, 6.45) is 3.18. The van der Waals surface area contributed by atoms with Crippen LogP contribution in [0.4, 0.5) is 24.7 Å². The molecule has 0 aliphatic carbocycles. The van der Waals surface area contributed by atoms with Gasteiger partial charge in [0.25, 0.3) is 6.43 Å². The molecular formula is C24H22F3N7O2S. The summed E-state index contributed by atoms with van der Waals surface area (Å²) in [7, 11) is 0. The zero-order chi connectivity index (χ0) is 26.2. The lowest BCUT2D eigenvalue weighted by Gasteiger charge is -2.40. The van der Waals surface area contributed by atoms with E-state index in [0.717, 1.165) is 11.8 Å². The zero-order valence-electron chi connectivity index (χ0n) is 19.8. The third-order valence-electron chi connectivity index (χ3n) is 5.93. The van der Waals surface area contributed by atoms with Crippen molar-refractivity contribution < 1.29 is 22.3 Å². The Morgan fingerprint density at radius 2 is 2.03 bits per heavy atom. The fourth-order valence-electron chi connectivity index (χ4n) is 4.24. The third-order valence-corrected chi connectivity index (χ3v) is 7.01. The normalized spacial score (nSPS) is 21.7. The van der Waals surface area contributed by atoms with E-state index < -0.39 is 22.5 Å². The van der Waals surface area contributed by atoms with Crippen molar-refractivity contribution in [1.82, 2.24) is 19.9 Å². The number of amidine groups is 1. The Hall–Kier alpha value is -3.87. The first-order valence-corrected chi connectivity index (χ1v) is 12.0. The van der Waals surface area contributed by atoms with Crippen LogP contribution in [0.1, 0.15) is 31.7 Å². The van der Waals surface area contributed by atoms with Crippen molar-refractivity contribution in [3.63, 3.8) is 0 Å². The van der Waals surface area contributed by atoms with E-state index in [-0.39, 0.29) is 29.6 Å². The molecule has 0 radical (unpaired) electrons. The fraction of sp³-hybridized carbons (Fsp3) is 0.292. The number of alkyl halides is 2. The largest absolute Gasteiger partial charge is 0.467 e. The summed E-state index contributed by atoms with van der Waals surface area (Å²) in [4.78, 5) is 21.5. The molecule has 9 nitrogen and oxygen atoms in total. The van der Waals surface area contributed by atoms with Crippen LogP contribution < -0.4 is 15.8 Å². The number of oxazole rings is 1. The number of pyridine rings is 1. The highest BCUT2D eigenvalue weighted by atomic mass is 32.2. The van der Waals surface area contributed by atoms with E-state index in [1.165, 1.54) is 43.8 Å². The van der Waals surface area contributed by atoms with E-state index >= 15 is 0 Å². The number of ether oxygens (including phenoxy) is 1. The molecule has 0 saturated heterocycles. The Kier molecular flexibility index (Phi) is 6.40. The Labute approximate surface area is 213 Å². The van der Waals surface area contributed by atoms with Crippen LogP contribution in [0.3, 0.4) is 0 Å². The Morgan fingerprint density at radius 1 is 1.19 bits per heavy atom. The van der Waals surface area contributed by atoms with Crippen LogP contribution in [0.2, 0.25) is 0 Å². The topological polar surface area (TPSA) is 124 Å². The first kappa shape index (κ1) is 24.8. The van der Waals surface area contributed by atoms with Crippen molar-refractivity contribution in [2.75, 3.05) is 5.32 Å². The smallest absolute Gasteiger partial charge is 0.253 e. The highest BCUT2D eigenvalue weighted by molar-refractivity contribution is 8.15. The second kappa shape index (κ2) is 9.54. The summed E-state index contributed by atoms with van der Waals surface area (Å²) < 4.78 is 51.9. The van der Waals surface area contributed by atoms with Crippen LogP contribution >= 0.6 is 11.8 Å². The van der Waals surface area contributed by atoms with Gasteiger partial charge in [0, 0.05) is 17.4 Å². The summed E-state index contributed by atoms with van der Waals surface area (Å²) in [5.41, 5.74) is 6.17. The molecule has 4 heterocycles. The van der Waals surface area contributed by atoms with Gasteiger partial charge in [-0.1, -0.05) is 11.8 Å². The number of rotatable bonds is 7. The number of nitrogens with one attached hydrogen (secondary N) is 1. The van der Waals surface area contributed by atoms with Crippen LogP contribution in [0, 0.1) is 5.82 Å². The number of aromatic nitrogens is 4. The summed E-state index contributed by atoms with van der Waals surface area (Å²) >= 11 is 0.807. The van der Waals surface area contributed by atoms with Crippen molar-refractivity contribution in [2.45, 2.75) is 43.6 Å². The molecule has 0 spiro atoms. The van der Waals surface area contributed by atoms with Crippen LogP contribution in [0.25, 0.3) is 11.0 Å². The third kappa shape index (κ3) is 5.03.